The molecule has 0 bridgehead atoms. The highest BCUT2D eigenvalue weighted by atomic mass is 14.7. The Kier molecular flexibility index (Phi) is 4.65. The van der Waals surface area contributed by atoms with Gasteiger partial charge < -0.3 is 0 Å². The van der Waals surface area contributed by atoms with Crippen molar-refractivity contribution in [2.24, 2.45) is 0 Å². The first-order chi connectivity index (χ1) is 12.3. The van der Waals surface area contributed by atoms with Gasteiger partial charge in [0.25, 0.3) is 0 Å². The summed E-state index contributed by atoms with van der Waals surface area (Å²) in [7, 11) is 0. The Hall–Kier alpha value is -2.41. The fourth-order valence-electron chi connectivity index (χ4n) is 4.04. The molecule has 2 aromatic carbocycles. The van der Waals surface area contributed by atoms with E-state index in [-0.39, 0.29) is 0 Å². The van der Waals surface area contributed by atoms with E-state index in [1.807, 2.05) is 6.20 Å². The first-order valence-electron chi connectivity index (χ1n) is 9.44. The average molecular weight is 327 g/mol. The van der Waals surface area contributed by atoms with Gasteiger partial charge in [0.1, 0.15) is 0 Å². The predicted molar refractivity (Wildman–Crippen MR) is 106 cm³/mol. The van der Waals surface area contributed by atoms with Crippen LogP contribution in [-0.4, -0.2) is 4.98 Å². The topological polar surface area (TPSA) is 12.9 Å². The Labute approximate surface area is 150 Å². The predicted octanol–water partition coefficient (Wildman–Crippen LogP) is 6.77. The third-order valence-corrected chi connectivity index (χ3v) is 5.47. The van der Waals surface area contributed by atoms with E-state index >= 15 is 0 Å². The average Bonchev–Trinajstić information content (AvgIpc) is 2.69. The molecule has 0 N–H and O–H groups in total. The van der Waals surface area contributed by atoms with E-state index in [2.05, 4.69) is 72.6 Å². The van der Waals surface area contributed by atoms with Gasteiger partial charge in [0.15, 0.2) is 0 Å². The maximum atomic E-state index is 4.66. The molecule has 0 radical (unpaired) electrons. The van der Waals surface area contributed by atoms with Gasteiger partial charge >= 0.3 is 0 Å². The Balaban J connectivity index is 1.68. The van der Waals surface area contributed by atoms with E-state index in [1.54, 1.807) is 0 Å². The maximum Gasteiger partial charge on any atom is 0.0705 e. The number of benzene rings is 2. The van der Waals surface area contributed by atoms with Gasteiger partial charge in [-0.1, -0.05) is 61.7 Å². The van der Waals surface area contributed by atoms with E-state index in [0.29, 0.717) is 0 Å². The van der Waals surface area contributed by atoms with Crippen LogP contribution in [0.15, 0.2) is 66.9 Å². The molecule has 0 amide bonds. The minimum Gasteiger partial charge on any atom is -0.256 e. The SMILES string of the molecule is Cc1ccccc1-c1cccc(-c2cc(C3CCCCC3)ccn2)c1. The molecular formula is C24H25N. The molecular weight excluding hydrogens is 302 g/mol. The lowest BCUT2D eigenvalue weighted by molar-refractivity contribution is 0.443. The quantitative estimate of drug-likeness (QED) is 0.517. The lowest BCUT2D eigenvalue weighted by atomic mass is 9.84. The zero-order valence-electron chi connectivity index (χ0n) is 14.9. The Morgan fingerprint density at radius 3 is 2.44 bits per heavy atom. The molecule has 1 nitrogen and oxygen atoms in total. The lowest BCUT2D eigenvalue weighted by Gasteiger charge is -2.22. The van der Waals surface area contributed by atoms with Crippen molar-refractivity contribution >= 4 is 0 Å². The van der Waals surface area contributed by atoms with Crippen LogP contribution in [0.3, 0.4) is 0 Å². The monoisotopic (exact) mass is 327 g/mol. The van der Waals surface area contributed by atoms with Crippen molar-refractivity contribution in [3.63, 3.8) is 0 Å². The lowest BCUT2D eigenvalue weighted by Crippen LogP contribution is -2.04. The van der Waals surface area contributed by atoms with Crippen molar-refractivity contribution < 1.29 is 0 Å². The summed E-state index contributed by atoms with van der Waals surface area (Å²) in [6, 6.07) is 21.9. The van der Waals surface area contributed by atoms with Crippen LogP contribution in [0.2, 0.25) is 0 Å². The zero-order valence-corrected chi connectivity index (χ0v) is 14.9. The number of aryl methyl sites for hydroxylation is 1. The second-order valence-electron chi connectivity index (χ2n) is 7.21. The van der Waals surface area contributed by atoms with Gasteiger partial charge in [-0.25, -0.2) is 0 Å². The fourth-order valence-corrected chi connectivity index (χ4v) is 4.04. The normalized spacial score (nSPS) is 15.2. The molecule has 126 valence electrons. The first-order valence-corrected chi connectivity index (χ1v) is 9.44. The van der Waals surface area contributed by atoms with Gasteiger partial charge in [0.05, 0.1) is 5.69 Å². The van der Waals surface area contributed by atoms with Crippen molar-refractivity contribution in [1.82, 2.24) is 4.98 Å². The highest BCUT2D eigenvalue weighted by Gasteiger charge is 2.16. The minimum atomic E-state index is 0.718. The van der Waals surface area contributed by atoms with Crippen LogP contribution < -0.4 is 0 Å². The van der Waals surface area contributed by atoms with Crippen molar-refractivity contribution in [1.29, 1.82) is 0 Å². The molecule has 0 saturated heterocycles. The molecule has 0 unspecified atom stereocenters. The number of rotatable bonds is 3. The molecule has 1 heterocycles. The van der Waals surface area contributed by atoms with Crippen LogP contribution in [-0.2, 0) is 0 Å². The van der Waals surface area contributed by atoms with E-state index in [9.17, 15) is 0 Å². The van der Waals surface area contributed by atoms with E-state index in [1.165, 1.54) is 59.9 Å². The standard InChI is InChI=1S/C24H25N/c1-18-8-5-6-13-23(18)21-11-7-12-22(16-21)24-17-20(14-15-25-24)19-9-3-2-4-10-19/h5-8,11-17,19H,2-4,9-10H2,1H3. The zero-order chi connectivity index (χ0) is 17.1. The fraction of sp³-hybridized carbons (Fsp3) is 0.292. The van der Waals surface area contributed by atoms with Crippen molar-refractivity contribution in [2.45, 2.75) is 44.9 Å². The van der Waals surface area contributed by atoms with Crippen LogP contribution in [0.1, 0.15) is 49.1 Å². The Morgan fingerprint density at radius 1 is 0.800 bits per heavy atom. The number of aromatic nitrogens is 1. The van der Waals surface area contributed by atoms with Gasteiger partial charge in [0.2, 0.25) is 0 Å². The van der Waals surface area contributed by atoms with Crippen LogP contribution in [0.4, 0.5) is 0 Å². The first kappa shape index (κ1) is 16.1. The van der Waals surface area contributed by atoms with Gasteiger partial charge in [-0.2, -0.15) is 0 Å². The van der Waals surface area contributed by atoms with E-state index < -0.39 is 0 Å². The Bertz CT molecular complexity index is 859. The smallest absolute Gasteiger partial charge is 0.0705 e. The Morgan fingerprint density at radius 2 is 1.60 bits per heavy atom. The van der Waals surface area contributed by atoms with Crippen LogP contribution in [0, 0.1) is 6.92 Å². The molecule has 0 aliphatic heterocycles. The third-order valence-electron chi connectivity index (χ3n) is 5.47. The molecule has 1 heteroatoms. The molecule has 4 rings (SSSR count). The van der Waals surface area contributed by atoms with Crippen LogP contribution >= 0.6 is 0 Å². The summed E-state index contributed by atoms with van der Waals surface area (Å²) >= 11 is 0. The summed E-state index contributed by atoms with van der Waals surface area (Å²) in [5, 5.41) is 0. The van der Waals surface area contributed by atoms with Crippen molar-refractivity contribution in [3.05, 3.63) is 78.0 Å². The highest BCUT2D eigenvalue weighted by molar-refractivity contribution is 5.73. The van der Waals surface area contributed by atoms with Gasteiger partial charge in [-0.3, -0.25) is 4.98 Å². The molecule has 0 spiro atoms. The summed E-state index contributed by atoms with van der Waals surface area (Å²) in [5.41, 5.74) is 7.64. The molecule has 1 aromatic heterocycles. The van der Waals surface area contributed by atoms with E-state index in [0.717, 1.165) is 11.6 Å². The summed E-state index contributed by atoms with van der Waals surface area (Å²) in [6.07, 6.45) is 8.77. The van der Waals surface area contributed by atoms with Gasteiger partial charge in [0, 0.05) is 11.8 Å². The summed E-state index contributed by atoms with van der Waals surface area (Å²) in [5.74, 6) is 0.718. The summed E-state index contributed by atoms with van der Waals surface area (Å²) in [4.78, 5) is 4.66. The second-order valence-corrected chi connectivity index (χ2v) is 7.21. The molecule has 25 heavy (non-hydrogen) atoms. The summed E-state index contributed by atoms with van der Waals surface area (Å²) < 4.78 is 0. The third kappa shape index (κ3) is 3.51. The molecule has 1 aliphatic carbocycles. The molecule has 1 fully saturated rings. The number of hydrogen-bond donors (Lipinski definition) is 0. The van der Waals surface area contributed by atoms with Crippen LogP contribution in [0.25, 0.3) is 22.4 Å². The maximum absolute atomic E-state index is 4.66. The number of hydrogen-bond acceptors (Lipinski definition) is 1. The van der Waals surface area contributed by atoms with Crippen molar-refractivity contribution in [2.75, 3.05) is 0 Å². The molecule has 1 saturated carbocycles. The molecule has 3 aromatic rings. The van der Waals surface area contributed by atoms with Crippen molar-refractivity contribution in [3.8, 4) is 22.4 Å². The van der Waals surface area contributed by atoms with Gasteiger partial charge in [-0.15, -0.1) is 0 Å². The molecule has 1 aliphatic rings. The number of nitrogens with zero attached hydrogens (tertiary/aromatic N) is 1. The van der Waals surface area contributed by atoms with E-state index in [4.69, 9.17) is 0 Å². The number of pyridine rings is 1. The highest BCUT2D eigenvalue weighted by Crippen LogP contribution is 2.34. The largest absolute Gasteiger partial charge is 0.256 e. The van der Waals surface area contributed by atoms with Gasteiger partial charge in [-0.05, 0) is 66.1 Å². The van der Waals surface area contributed by atoms with Crippen LogP contribution in [0.5, 0.6) is 0 Å². The molecule has 0 atom stereocenters. The summed E-state index contributed by atoms with van der Waals surface area (Å²) in [6.45, 7) is 2.17. The minimum absolute atomic E-state index is 0.718. The second kappa shape index (κ2) is 7.23.